The fraction of sp³-hybridized carbons (Fsp3) is 0.143. The first-order valence-electron chi connectivity index (χ1n) is 5.96. The van der Waals surface area contributed by atoms with Crippen molar-refractivity contribution >= 4 is 23.6 Å². The van der Waals surface area contributed by atoms with Gasteiger partial charge < -0.3 is 9.84 Å². The van der Waals surface area contributed by atoms with Crippen molar-refractivity contribution in [1.29, 1.82) is 0 Å². The van der Waals surface area contributed by atoms with E-state index in [0.717, 1.165) is 6.08 Å². The van der Waals surface area contributed by atoms with Crippen LogP contribution in [-0.4, -0.2) is 27.5 Å². The molecule has 0 spiro atoms. The molecule has 0 aliphatic carbocycles. The van der Waals surface area contributed by atoms with Crippen molar-refractivity contribution in [3.63, 3.8) is 0 Å². The zero-order valence-corrected chi connectivity index (χ0v) is 11.3. The van der Waals surface area contributed by atoms with Crippen LogP contribution in [0.3, 0.4) is 0 Å². The predicted octanol–water partition coefficient (Wildman–Crippen LogP) is 2.71. The summed E-state index contributed by atoms with van der Waals surface area (Å²) in [6.07, 6.45) is 5.99. The van der Waals surface area contributed by atoms with Crippen molar-refractivity contribution in [2.75, 3.05) is 6.61 Å². The molecule has 0 saturated heterocycles. The monoisotopic (exact) mass is 292 g/mol. The Morgan fingerprint density at radius 1 is 1.45 bits per heavy atom. The molecule has 1 aromatic carbocycles. The highest BCUT2D eigenvalue weighted by Crippen LogP contribution is 2.27. The molecule has 2 rings (SSSR count). The summed E-state index contributed by atoms with van der Waals surface area (Å²) in [6.45, 7) is 1.01. The molecule has 2 aromatic rings. The molecule has 0 aliphatic rings. The summed E-state index contributed by atoms with van der Waals surface area (Å²) in [5, 5.41) is 13.2. The van der Waals surface area contributed by atoms with Crippen molar-refractivity contribution in [2.45, 2.75) is 6.54 Å². The van der Waals surface area contributed by atoms with E-state index in [1.54, 1.807) is 29.1 Å². The number of aromatic nitrogens is 2. The molecule has 0 amide bonds. The van der Waals surface area contributed by atoms with Gasteiger partial charge in [0.1, 0.15) is 12.4 Å². The maximum absolute atomic E-state index is 10.6. The summed E-state index contributed by atoms with van der Waals surface area (Å²) in [7, 11) is 0. The smallest absolute Gasteiger partial charge is 0.328 e. The Balaban J connectivity index is 2.06. The second kappa shape index (κ2) is 6.77. The van der Waals surface area contributed by atoms with Crippen LogP contribution in [0.2, 0.25) is 5.02 Å². The Labute approximate surface area is 121 Å². The Kier molecular flexibility index (Phi) is 4.79. The van der Waals surface area contributed by atoms with Crippen molar-refractivity contribution in [3.05, 3.63) is 53.3 Å². The minimum Gasteiger partial charge on any atom is -0.491 e. The summed E-state index contributed by atoms with van der Waals surface area (Å²) in [4.78, 5) is 10.6. The Morgan fingerprint density at radius 2 is 2.30 bits per heavy atom. The highest BCUT2D eigenvalue weighted by atomic mass is 35.5. The number of nitrogens with zero attached hydrogens (tertiary/aromatic N) is 2. The lowest BCUT2D eigenvalue weighted by molar-refractivity contribution is -0.131. The molecule has 1 N–H and O–H groups in total. The molecule has 0 atom stereocenters. The van der Waals surface area contributed by atoms with Crippen molar-refractivity contribution in [1.82, 2.24) is 9.78 Å². The molecule has 0 aliphatic heterocycles. The minimum atomic E-state index is -1.03. The zero-order valence-electron chi connectivity index (χ0n) is 10.6. The summed E-state index contributed by atoms with van der Waals surface area (Å²) in [5.41, 5.74) is 0.553. The van der Waals surface area contributed by atoms with Crippen LogP contribution in [-0.2, 0) is 11.3 Å². The molecule has 6 heteroatoms. The van der Waals surface area contributed by atoms with Gasteiger partial charge in [-0.25, -0.2) is 4.79 Å². The van der Waals surface area contributed by atoms with Gasteiger partial charge in [-0.05, 0) is 24.3 Å². The molecule has 1 heterocycles. The summed E-state index contributed by atoms with van der Waals surface area (Å²) < 4.78 is 7.38. The normalized spacial score (nSPS) is 10.8. The van der Waals surface area contributed by atoms with E-state index in [9.17, 15) is 4.79 Å². The van der Waals surface area contributed by atoms with Gasteiger partial charge in [0.2, 0.25) is 0 Å². The van der Waals surface area contributed by atoms with Crippen LogP contribution in [0.4, 0.5) is 0 Å². The molecular weight excluding hydrogens is 280 g/mol. The fourth-order valence-electron chi connectivity index (χ4n) is 1.64. The highest BCUT2D eigenvalue weighted by molar-refractivity contribution is 6.32. The zero-order chi connectivity index (χ0) is 14.4. The molecule has 1 aromatic heterocycles. The van der Waals surface area contributed by atoms with E-state index in [2.05, 4.69) is 5.10 Å². The Morgan fingerprint density at radius 3 is 3.00 bits per heavy atom. The standard InChI is InChI=1S/C14H13ClN2O3/c15-12-3-1-4-13(11(12)5-6-14(18)19)20-10-9-17-8-2-7-16-17/h1-8H,9-10H2,(H,18,19)/b6-5+. The SMILES string of the molecule is O=C(O)/C=C/c1c(Cl)cccc1OCCn1cccn1. The number of carboxylic acids is 1. The Hall–Kier alpha value is -2.27. The van der Waals surface area contributed by atoms with Gasteiger partial charge in [0.05, 0.1) is 11.6 Å². The lowest BCUT2D eigenvalue weighted by atomic mass is 10.2. The highest BCUT2D eigenvalue weighted by Gasteiger charge is 2.06. The number of rotatable bonds is 6. The van der Waals surface area contributed by atoms with E-state index in [0.29, 0.717) is 29.5 Å². The Bertz CT molecular complexity index is 609. The van der Waals surface area contributed by atoms with Crippen LogP contribution < -0.4 is 4.74 Å². The maximum atomic E-state index is 10.6. The summed E-state index contributed by atoms with van der Waals surface area (Å²) in [5.74, 6) is -0.491. The van der Waals surface area contributed by atoms with E-state index >= 15 is 0 Å². The quantitative estimate of drug-likeness (QED) is 0.832. The van der Waals surface area contributed by atoms with E-state index in [1.165, 1.54) is 6.08 Å². The van der Waals surface area contributed by atoms with Gasteiger partial charge in [0, 0.05) is 24.0 Å². The lowest BCUT2D eigenvalue weighted by Gasteiger charge is -2.10. The van der Waals surface area contributed by atoms with Crippen molar-refractivity contribution in [2.24, 2.45) is 0 Å². The van der Waals surface area contributed by atoms with Gasteiger partial charge >= 0.3 is 5.97 Å². The summed E-state index contributed by atoms with van der Waals surface area (Å²) >= 11 is 6.05. The van der Waals surface area contributed by atoms with Crippen LogP contribution in [0.25, 0.3) is 6.08 Å². The third-order valence-electron chi connectivity index (χ3n) is 2.54. The van der Waals surface area contributed by atoms with Crippen LogP contribution in [0.15, 0.2) is 42.7 Å². The first-order valence-corrected chi connectivity index (χ1v) is 6.34. The number of aliphatic carboxylic acids is 1. The third kappa shape index (κ3) is 3.86. The molecule has 0 unspecified atom stereocenters. The number of ether oxygens (including phenoxy) is 1. The van der Waals surface area contributed by atoms with Gasteiger partial charge in [-0.1, -0.05) is 17.7 Å². The lowest BCUT2D eigenvalue weighted by Crippen LogP contribution is -2.09. The topological polar surface area (TPSA) is 64.3 Å². The minimum absolute atomic E-state index is 0.413. The second-order valence-corrected chi connectivity index (χ2v) is 4.35. The molecular formula is C14H13ClN2O3. The number of hydrogen-bond donors (Lipinski definition) is 1. The van der Waals surface area contributed by atoms with E-state index < -0.39 is 5.97 Å². The molecule has 104 valence electrons. The molecule has 0 bridgehead atoms. The number of carbonyl (C=O) groups is 1. The molecule has 0 fully saturated rings. The van der Waals surface area contributed by atoms with Crippen molar-refractivity contribution in [3.8, 4) is 5.75 Å². The van der Waals surface area contributed by atoms with E-state index in [-0.39, 0.29) is 0 Å². The van der Waals surface area contributed by atoms with E-state index in [1.807, 2.05) is 12.3 Å². The molecule has 5 nitrogen and oxygen atoms in total. The van der Waals surface area contributed by atoms with E-state index in [4.69, 9.17) is 21.4 Å². The first kappa shape index (κ1) is 14.1. The van der Waals surface area contributed by atoms with Gasteiger partial charge in [-0.15, -0.1) is 0 Å². The van der Waals surface area contributed by atoms with Gasteiger partial charge in [-0.3, -0.25) is 4.68 Å². The number of halogens is 1. The number of hydrogen-bond acceptors (Lipinski definition) is 3. The van der Waals surface area contributed by atoms with Crippen LogP contribution >= 0.6 is 11.6 Å². The second-order valence-electron chi connectivity index (χ2n) is 3.94. The predicted molar refractivity (Wildman–Crippen MR) is 75.8 cm³/mol. The largest absolute Gasteiger partial charge is 0.491 e. The average molecular weight is 293 g/mol. The molecule has 0 saturated carbocycles. The first-order chi connectivity index (χ1) is 9.66. The fourth-order valence-corrected chi connectivity index (χ4v) is 1.87. The molecule has 20 heavy (non-hydrogen) atoms. The van der Waals surface area contributed by atoms with Crippen molar-refractivity contribution < 1.29 is 14.6 Å². The summed E-state index contributed by atoms with van der Waals surface area (Å²) in [6, 6.07) is 7.02. The average Bonchev–Trinajstić information content (AvgIpc) is 2.91. The van der Waals surface area contributed by atoms with Crippen LogP contribution in [0.5, 0.6) is 5.75 Å². The van der Waals surface area contributed by atoms with Crippen LogP contribution in [0.1, 0.15) is 5.56 Å². The third-order valence-corrected chi connectivity index (χ3v) is 2.87. The number of carboxylic acid groups (broad SMARTS) is 1. The van der Waals surface area contributed by atoms with Crippen LogP contribution in [0, 0.1) is 0 Å². The maximum Gasteiger partial charge on any atom is 0.328 e. The molecule has 0 radical (unpaired) electrons. The van der Waals surface area contributed by atoms with Gasteiger partial charge in [-0.2, -0.15) is 5.10 Å². The van der Waals surface area contributed by atoms with Gasteiger partial charge in [0.25, 0.3) is 0 Å². The van der Waals surface area contributed by atoms with Gasteiger partial charge in [0.15, 0.2) is 0 Å². The number of benzene rings is 1.